The third kappa shape index (κ3) is 4.63. The highest BCUT2D eigenvalue weighted by atomic mass is 16.5. The number of hydrogen-bond donors (Lipinski definition) is 0. The quantitative estimate of drug-likeness (QED) is 0.486. The van der Waals surface area contributed by atoms with Crippen LogP contribution >= 0.6 is 0 Å². The third-order valence-electron chi connectivity index (χ3n) is 4.91. The second-order valence-electron chi connectivity index (χ2n) is 6.78. The Morgan fingerprint density at radius 1 is 0.839 bits per heavy atom. The molecule has 0 aliphatic heterocycles. The molecule has 3 aromatic rings. The molecule has 0 aromatic heterocycles. The highest BCUT2D eigenvalue weighted by molar-refractivity contribution is 6.10. The number of hydrogen-bond acceptors (Lipinski definition) is 6. The molecule has 0 saturated carbocycles. The smallest absolute Gasteiger partial charge is 0.339 e. The fourth-order valence-corrected chi connectivity index (χ4v) is 3.63. The van der Waals surface area contributed by atoms with Gasteiger partial charge in [-0.1, -0.05) is 30.3 Å². The summed E-state index contributed by atoms with van der Waals surface area (Å²) in [5, 5.41) is 1.60. The third-order valence-corrected chi connectivity index (χ3v) is 4.91. The Hall–Kier alpha value is -3.54. The van der Waals surface area contributed by atoms with Crippen LogP contribution in [0.25, 0.3) is 21.9 Å². The van der Waals surface area contributed by atoms with Gasteiger partial charge in [-0.2, -0.15) is 0 Å². The van der Waals surface area contributed by atoms with Crippen LogP contribution in [0.3, 0.4) is 0 Å². The van der Waals surface area contributed by atoms with Gasteiger partial charge in [0.2, 0.25) is 0 Å². The molecule has 0 fully saturated rings. The SMILES string of the molecule is CCOC(=O)Cc1cc2cc(OC)c(OC)cc2c(-c2ccccc2)c1C(=O)OCC. The summed E-state index contributed by atoms with van der Waals surface area (Å²) >= 11 is 0. The van der Waals surface area contributed by atoms with E-state index in [4.69, 9.17) is 18.9 Å². The number of carbonyl (C=O) groups is 2. The van der Waals surface area contributed by atoms with Crippen molar-refractivity contribution in [2.24, 2.45) is 0 Å². The van der Waals surface area contributed by atoms with E-state index in [-0.39, 0.29) is 19.6 Å². The summed E-state index contributed by atoms with van der Waals surface area (Å²) in [7, 11) is 3.13. The highest BCUT2D eigenvalue weighted by Gasteiger charge is 2.25. The molecule has 0 bridgehead atoms. The molecule has 6 nitrogen and oxygen atoms in total. The van der Waals surface area contributed by atoms with Crippen LogP contribution in [-0.2, 0) is 20.7 Å². The van der Waals surface area contributed by atoms with Crippen molar-refractivity contribution in [2.45, 2.75) is 20.3 Å². The molecule has 162 valence electrons. The molecule has 3 aromatic carbocycles. The number of fused-ring (bicyclic) bond motifs is 1. The van der Waals surface area contributed by atoms with Crippen LogP contribution in [-0.4, -0.2) is 39.4 Å². The Bertz CT molecular complexity index is 1090. The molecule has 0 atom stereocenters. The minimum atomic E-state index is -0.489. The number of rotatable bonds is 8. The van der Waals surface area contributed by atoms with Gasteiger partial charge < -0.3 is 18.9 Å². The molecule has 0 spiro atoms. The summed E-state index contributed by atoms with van der Waals surface area (Å²) in [4.78, 5) is 25.4. The van der Waals surface area contributed by atoms with Gasteiger partial charge in [0.1, 0.15) is 0 Å². The van der Waals surface area contributed by atoms with E-state index in [2.05, 4.69) is 0 Å². The van der Waals surface area contributed by atoms with E-state index in [1.807, 2.05) is 48.5 Å². The van der Waals surface area contributed by atoms with E-state index in [1.54, 1.807) is 28.1 Å². The van der Waals surface area contributed by atoms with Crippen LogP contribution in [0.2, 0.25) is 0 Å². The summed E-state index contributed by atoms with van der Waals surface area (Å²) in [5.74, 6) is 0.198. The number of ether oxygens (including phenoxy) is 4. The van der Waals surface area contributed by atoms with E-state index in [0.29, 0.717) is 28.2 Å². The minimum Gasteiger partial charge on any atom is -0.493 e. The zero-order valence-corrected chi connectivity index (χ0v) is 18.2. The first-order valence-corrected chi connectivity index (χ1v) is 10.1. The Labute approximate surface area is 181 Å². The maximum atomic E-state index is 13.1. The molecule has 0 aliphatic carbocycles. The van der Waals surface area contributed by atoms with E-state index >= 15 is 0 Å². The molecular weight excluding hydrogens is 396 g/mol. The lowest BCUT2D eigenvalue weighted by molar-refractivity contribution is -0.142. The fraction of sp³-hybridized carbons (Fsp3) is 0.280. The molecular formula is C25H26O6. The van der Waals surface area contributed by atoms with Crippen LogP contribution in [0.5, 0.6) is 11.5 Å². The van der Waals surface area contributed by atoms with Crippen LogP contribution < -0.4 is 9.47 Å². The monoisotopic (exact) mass is 422 g/mol. The van der Waals surface area contributed by atoms with Crippen LogP contribution in [0.15, 0.2) is 48.5 Å². The Balaban J connectivity index is 2.41. The second kappa shape index (κ2) is 9.98. The van der Waals surface area contributed by atoms with Crippen molar-refractivity contribution in [3.63, 3.8) is 0 Å². The van der Waals surface area contributed by atoms with Gasteiger partial charge in [0.25, 0.3) is 0 Å². The molecule has 0 aliphatic rings. The van der Waals surface area contributed by atoms with Gasteiger partial charge in [-0.25, -0.2) is 4.79 Å². The minimum absolute atomic E-state index is 0.0495. The zero-order valence-electron chi connectivity index (χ0n) is 18.2. The van der Waals surface area contributed by atoms with Gasteiger partial charge >= 0.3 is 11.9 Å². The summed E-state index contributed by atoms with van der Waals surface area (Å²) in [6, 6.07) is 15.0. The number of benzene rings is 3. The maximum absolute atomic E-state index is 13.1. The van der Waals surface area contributed by atoms with Crippen LogP contribution in [0.1, 0.15) is 29.8 Å². The lowest BCUT2D eigenvalue weighted by Gasteiger charge is -2.19. The van der Waals surface area contributed by atoms with Crippen molar-refractivity contribution in [3.05, 3.63) is 59.7 Å². The van der Waals surface area contributed by atoms with Crippen molar-refractivity contribution in [2.75, 3.05) is 27.4 Å². The van der Waals surface area contributed by atoms with E-state index in [9.17, 15) is 9.59 Å². The molecule has 0 N–H and O–H groups in total. The summed E-state index contributed by atoms with van der Waals surface area (Å²) < 4.78 is 21.5. The van der Waals surface area contributed by atoms with Crippen molar-refractivity contribution < 1.29 is 28.5 Å². The van der Waals surface area contributed by atoms with Gasteiger partial charge in [-0.3, -0.25) is 4.79 Å². The van der Waals surface area contributed by atoms with Crippen molar-refractivity contribution in [1.29, 1.82) is 0 Å². The van der Waals surface area contributed by atoms with Gasteiger partial charge in [-0.15, -0.1) is 0 Å². The first-order valence-electron chi connectivity index (χ1n) is 10.1. The van der Waals surface area contributed by atoms with Gasteiger partial charge in [0, 0.05) is 5.56 Å². The normalized spacial score (nSPS) is 10.6. The maximum Gasteiger partial charge on any atom is 0.339 e. The Kier molecular flexibility index (Phi) is 7.13. The molecule has 0 unspecified atom stereocenters. The van der Waals surface area contributed by atoms with E-state index in [0.717, 1.165) is 16.3 Å². The van der Waals surface area contributed by atoms with E-state index in [1.165, 1.54) is 0 Å². The predicted octanol–water partition coefficient (Wildman–Crippen LogP) is 4.81. The standard InChI is InChI=1S/C25H26O6/c1-5-30-22(26)14-18-12-17-13-20(28-3)21(29-4)15-19(17)23(16-10-8-7-9-11-16)24(18)25(27)31-6-2/h7-13,15H,5-6,14H2,1-4H3. The predicted molar refractivity (Wildman–Crippen MR) is 119 cm³/mol. The van der Waals surface area contributed by atoms with Gasteiger partial charge in [0.05, 0.1) is 39.4 Å². The lowest BCUT2D eigenvalue weighted by Crippen LogP contribution is -2.15. The largest absolute Gasteiger partial charge is 0.493 e. The van der Waals surface area contributed by atoms with Crippen LogP contribution in [0.4, 0.5) is 0 Å². The number of methoxy groups -OCH3 is 2. The second-order valence-corrected chi connectivity index (χ2v) is 6.78. The molecule has 3 rings (SSSR count). The van der Waals surface area contributed by atoms with Crippen molar-refractivity contribution in [1.82, 2.24) is 0 Å². The first kappa shape index (κ1) is 22.2. The Morgan fingerprint density at radius 3 is 2.10 bits per heavy atom. The van der Waals surface area contributed by atoms with Gasteiger partial charge in [0.15, 0.2) is 11.5 Å². The van der Waals surface area contributed by atoms with E-state index < -0.39 is 11.9 Å². The van der Waals surface area contributed by atoms with Crippen molar-refractivity contribution >= 4 is 22.7 Å². The highest BCUT2D eigenvalue weighted by Crippen LogP contribution is 2.40. The average Bonchev–Trinajstić information content (AvgIpc) is 2.78. The summed E-state index contributed by atoms with van der Waals surface area (Å²) in [6.45, 7) is 3.98. The first-order chi connectivity index (χ1) is 15.0. The summed E-state index contributed by atoms with van der Waals surface area (Å²) in [6.07, 6.45) is -0.0495. The molecule has 0 amide bonds. The molecule has 0 heterocycles. The van der Waals surface area contributed by atoms with Crippen molar-refractivity contribution in [3.8, 4) is 22.6 Å². The lowest BCUT2D eigenvalue weighted by atomic mass is 9.88. The molecule has 6 heteroatoms. The summed E-state index contributed by atoms with van der Waals surface area (Å²) in [5.41, 5.74) is 2.39. The molecule has 31 heavy (non-hydrogen) atoms. The topological polar surface area (TPSA) is 71.1 Å². The average molecular weight is 422 g/mol. The zero-order chi connectivity index (χ0) is 22.4. The van der Waals surface area contributed by atoms with Crippen LogP contribution in [0, 0.1) is 0 Å². The molecule has 0 saturated heterocycles. The number of esters is 2. The molecule has 0 radical (unpaired) electrons. The fourth-order valence-electron chi connectivity index (χ4n) is 3.63. The Morgan fingerprint density at radius 2 is 1.48 bits per heavy atom. The number of carbonyl (C=O) groups excluding carboxylic acids is 2. The van der Waals surface area contributed by atoms with Gasteiger partial charge in [-0.05, 0) is 53.9 Å².